The van der Waals surface area contributed by atoms with Crippen LogP contribution < -0.4 is 20.9 Å². The summed E-state index contributed by atoms with van der Waals surface area (Å²) >= 11 is 0. The standard InChI is InChI=1S/C19H24N4O3S/c1-2-12-20-27(25,26)16-10-8-15(9-11-16)21-19(24)18-13-17(22-23-18)14-6-4-3-5-7-14/h3-11,17-18,20,22-23H,2,12-13H2,1H3,(H,21,24). The summed E-state index contributed by atoms with van der Waals surface area (Å²) in [5, 5.41) is 2.82. The Morgan fingerprint density at radius 2 is 1.78 bits per heavy atom. The van der Waals surface area contributed by atoms with Gasteiger partial charge in [0.05, 0.1) is 4.90 Å². The molecule has 1 fully saturated rings. The van der Waals surface area contributed by atoms with E-state index in [2.05, 4.69) is 20.9 Å². The predicted octanol–water partition coefficient (Wildman–Crippen LogP) is 1.92. The fourth-order valence-corrected chi connectivity index (χ4v) is 4.03. The lowest BCUT2D eigenvalue weighted by atomic mass is 10.0. The summed E-state index contributed by atoms with van der Waals surface area (Å²) < 4.78 is 26.7. The lowest BCUT2D eigenvalue weighted by Crippen LogP contribution is -2.39. The van der Waals surface area contributed by atoms with Crippen LogP contribution in [-0.2, 0) is 14.8 Å². The zero-order valence-corrected chi connectivity index (χ0v) is 15.9. The molecule has 1 heterocycles. The topological polar surface area (TPSA) is 99.3 Å². The van der Waals surface area contributed by atoms with E-state index in [9.17, 15) is 13.2 Å². The molecule has 2 atom stereocenters. The van der Waals surface area contributed by atoms with Crippen molar-refractivity contribution in [1.29, 1.82) is 0 Å². The summed E-state index contributed by atoms with van der Waals surface area (Å²) in [7, 11) is -3.51. The van der Waals surface area contributed by atoms with Crippen molar-refractivity contribution in [3.8, 4) is 0 Å². The molecule has 1 amide bonds. The third-order valence-electron chi connectivity index (χ3n) is 4.40. The highest BCUT2D eigenvalue weighted by Gasteiger charge is 2.30. The van der Waals surface area contributed by atoms with Gasteiger partial charge in [0.2, 0.25) is 15.9 Å². The van der Waals surface area contributed by atoms with Gasteiger partial charge in [-0.05, 0) is 42.7 Å². The van der Waals surface area contributed by atoms with Gasteiger partial charge in [0.1, 0.15) is 6.04 Å². The van der Waals surface area contributed by atoms with Crippen LogP contribution in [0.15, 0.2) is 59.5 Å². The highest BCUT2D eigenvalue weighted by molar-refractivity contribution is 7.89. The first-order valence-corrected chi connectivity index (χ1v) is 10.4. The smallest absolute Gasteiger partial charge is 0.242 e. The highest BCUT2D eigenvalue weighted by Crippen LogP contribution is 2.23. The third kappa shape index (κ3) is 4.92. The Labute approximate surface area is 159 Å². The largest absolute Gasteiger partial charge is 0.325 e. The van der Waals surface area contributed by atoms with E-state index in [1.807, 2.05) is 37.3 Å². The van der Waals surface area contributed by atoms with Gasteiger partial charge in [0.25, 0.3) is 0 Å². The van der Waals surface area contributed by atoms with Crippen LogP contribution in [0.5, 0.6) is 0 Å². The molecule has 0 saturated carbocycles. The molecule has 7 nitrogen and oxygen atoms in total. The van der Waals surface area contributed by atoms with Crippen LogP contribution >= 0.6 is 0 Å². The highest BCUT2D eigenvalue weighted by atomic mass is 32.2. The van der Waals surface area contributed by atoms with Gasteiger partial charge in [0.15, 0.2) is 0 Å². The number of hydrogen-bond acceptors (Lipinski definition) is 5. The number of benzene rings is 2. The molecule has 2 unspecified atom stereocenters. The van der Waals surface area contributed by atoms with Gasteiger partial charge in [-0.25, -0.2) is 24.0 Å². The summed E-state index contributed by atoms with van der Waals surface area (Å²) in [5.74, 6) is -0.166. The van der Waals surface area contributed by atoms with Crippen molar-refractivity contribution in [2.75, 3.05) is 11.9 Å². The summed E-state index contributed by atoms with van der Waals surface area (Å²) in [4.78, 5) is 12.6. The Morgan fingerprint density at radius 1 is 1.07 bits per heavy atom. The van der Waals surface area contributed by atoms with Crippen LogP contribution in [0, 0.1) is 0 Å². The quantitative estimate of drug-likeness (QED) is 0.581. The van der Waals surface area contributed by atoms with Crippen molar-refractivity contribution < 1.29 is 13.2 Å². The summed E-state index contributed by atoms with van der Waals surface area (Å²) in [5.41, 5.74) is 7.83. The van der Waals surface area contributed by atoms with Gasteiger partial charge < -0.3 is 5.32 Å². The molecule has 2 aromatic carbocycles. The molecular formula is C19H24N4O3S. The van der Waals surface area contributed by atoms with E-state index in [0.717, 1.165) is 12.0 Å². The van der Waals surface area contributed by atoms with E-state index in [1.54, 1.807) is 12.1 Å². The van der Waals surface area contributed by atoms with Crippen molar-refractivity contribution in [2.45, 2.75) is 36.7 Å². The van der Waals surface area contributed by atoms with Crippen molar-refractivity contribution in [3.05, 3.63) is 60.2 Å². The number of amides is 1. The van der Waals surface area contributed by atoms with Crippen LogP contribution in [0.3, 0.4) is 0 Å². The molecule has 2 aromatic rings. The van der Waals surface area contributed by atoms with E-state index in [-0.39, 0.29) is 22.9 Å². The molecule has 0 bridgehead atoms. The van der Waals surface area contributed by atoms with Gasteiger partial charge in [0, 0.05) is 18.3 Å². The second kappa shape index (κ2) is 8.62. The molecule has 1 saturated heterocycles. The molecule has 1 aliphatic rings. The Bertz CT molecular complexity index is 870. The molecule has 27 heavy (non-hydrogen) atoms. The van der Waals surface area contributed by atoms with Gasteiger partial charge in [-0.2, -0.15) is 0 Å². The normalized spacial score (nSPS) is 19.7. The van der Waals surface area contributed by atoms with Crippen molar-refractivity contribution in [2.24, 2.45) is 0 Å². The number of sulfonamides is 1. The third-order valence-corrected chi connectivity index (χ3v) is 5.87. The second-order valence-corrected chi connectivity index (χ2v) is 8.22. The molecule has 0 aromatic heterocycles. The first kappa shape index (κ1) is 19.5. The SMILES string of the molecule is CCCNS(=O)(=O)c1ccc(NC(=O)C2CC(c3ccccc3)NN2)cc1. The fraction of sp³-hybridized carbons (Fsp3) is 0.316. The molecule has 4 N–H and O–H groups in total. The molecular weight excluding hydrogens is 364 g/mol. The molecule has 144 valence electrons. The van der Waals surface area contributed by atoms with Gasteiger partial charge in [-0.15, -0.1) is 0 Å². The number of hydrazine groups is 1. The van der Waals surface area contributed by atoms with Crippen molar-refractivity contribution in [3.63, 3.8) is 0 Å². The average Bonchev–Trinajstić information content (AvgIpc) is 3.18. The van der Waals surface area contributed by atoms with E-state index in [0.29, 0.717) is 18.7 Å². The van der Waals surface area contributed by atoms with Crippen LogP contribution in [0.4, 0.5) is 5.69 Å². The number of rotatable bonds is 7. The van der Waals surface area contributed by atoms with Gasteiger partial charge in [-0.3, -0.25) is 4.79 Å². The molecule has 3 rings (SSSR count). The van der Waals surface area contributed by atoms with Crippen LogP contribution in [0.2, 0.25) is 0 Å². The average molecular weight is 388 g/mol. The van der Waals surface area contributed by atoms with Gasteiger partial charge >= 0.3 is 0 Å². The van der Waals surface area contributed by atoms with Crippen LogP contribution in [0.1, 0.15) is 31.4 Å². The number of carbonyl (C=O) groups excluding carboxylic acids is 1. The van der Waals surface area contributed by atoms with Crippen molar-refractivity contribution in [1.82, 2.24) is 15.6 Å². The van der Waals surface area contributed by atoms with E-state index < -0.39 is 10.0 Å². The number of carbonyl (C=O) groups is 1. The predicted molar refractivity (Wildman–Crippen MR) is 104 cm³/mol. The molecule has 0 spiro atoms. The first-order chi connectivity index (χ1) is 13.0. The minimum absolute atomic E-state index is 0.0686. The van der Waals surface area contributed by atoms with Gasteiger partial charge in [-0.1, -0.05) is 37.3 Å². The lowest BCUT2D eigenvalue weighted by Gasteiger charge is -2.11. The Hall–Kier alpha value is -2.26. The number of anilines is 1. The Morgan fingerprint density at radius 3 is 2.44 bits per heavy atom. The number of hydrogen-bond donors (Lipinski definition) is 4. The zero-order chi connectivity index (χ0) is 19.3. The zero-order valence-electron chi connectivity index (χ0n) is 15.1. The maximum absolute atomic E-state index is 12.5. The lowest BCUT2D eigenvalue weighted by molar-refractivity contribution is -0.117. The first-order valence-electron chi connectivity index (χ1n) is 8.96. The fourth-order valence-electron chi connectivity index (χ4n) is 2.90. The van der Waals surface area contributed by atoms with E-state index in [1.165, 1.54) is 12.1 Å². The summed E-state index contributed by atoms with van der Waals surface area (Å²) in [6, 6.07) is 15.8. The monoisotopic (exact) mass is 388 g/mol. The molecule has 8 heteroatoms. The second-order valence-electron chi connectivity index (χ2n) is 6.45. The maximum atomic E-state index is 12.5. The minimum atomic E-state index is -3.51. The Balaban J connectivity index is 1.58. The van der Waals surface area contributed by atoms with Crippen molar-refractivity contribution >= 4 is 21.6 Å². The van der Waals surface area contributed by atoms with E-state index in [4.69, 9.17) is 0 Å². The molecule has 1 aliphatic heterocycles. The Kier molecular flexibility index (Phi) is 6.22. The van der Waals surface area contributed by atoms with E-state index >= 15 is 0 Å². The molecule has 0 aliphatic carbocycles. The summed E-state index contributed by atoms with van der Waals surface area (Å²) in [6.07, 6.45) is 1.35. The summed E-state index contributed by atoms with van der Waals surface area (Å²) in [6.45, 7) is 2.29. The molecule has 0 radical (unpaired) electrons. The van der Waals surface area contributed by atoms with Crippen LogP contribution in [-0.4, -0.2) is 26.9 Å². The minimum Gasteiger partial charge on any atom is -0.325 e. The van der Waals surface area contributed by atoms with Crippen LogP contribution in [0.25, 0.3) is 0 Å². The number of nitrogens with one attached hydrogen (secondary N) is 4. The maximum Gasteiger partial charge on any atom is 0.242 e.